The zero-order valence-corrected chi connectivity index (χ0v) is 11.9. The molecule has 2 rings (SSSR count). The van der Waals surface area contributed by atoms with Crippen molar-refractivity contribution in [3.8, 4) is 11.8 Å². The molecule has 0 heterocycles. The molecule has 0 spiro atoms. The van der Waals surface area contributed by atoms with Crippen molar-refractivity contribution < 1.29 is 14.5 Å². The van der Waals surface area contributed by atoms with Crippen LogP contribution in [-0.2, 0) is 9.68 Å². The summed E-state index contributed by atoms with van der Waals surface area (Å²) in [7, 11) is 2.72. The van der Waals surface area contributed by atoms with Crippen molar-refractivity contribution in [2.24, 2.45) is 0 Å². The average molecular weight is 281 g/mol. The van der Waals surface area contributed by atoms with Crippen LogP contribution in [0.2, 0.25) is 0 Å². The number of carbonyl (C=O) groups is 1. The third kappa shape index (κ3) is 3.69. The molecule has 1 amide bonds. The summed E-state index contributed by atoms with van der Waals surface area (Å²) in [6, 6.07) is 16.6. The van der Waals surface area contributed by atoms with E-state index < -0.39 is 5.91 Å². The Balaban J connectivity index is 2.34. The average Bonchev–Trinajstić information content (AvgIpc) is 2.55. The molecule has 2 aromatic rings. The quantitative estimate of drug-likeness (QED) is 0.641. The first-order chi connectivity index (χ1) is 10.3. The molecule has 21 heavy (non-hydrogen) atoms. The Hall–Kier alpha value is -2.61. The van der Waals surface area contributed by atoms with Crippen molar-refractivity contribution in [1.82, 2.24) is 5.23 Å². The van der Waals surface area contributed by atoms with E-state index in [4.69, 9.17) is 9.68 Å². The molecule has 0 aliphatic rings. The molecule has 4 nitrogen and oxygen atoms in total. The zero-order valence-electron chi connectivity index (χ0n) is 11.9. The van der Waals surface area contributed by atoms with Gasteiger partial charge in [-0.15, -0.1) is 0 Å². The maximum atomic E-state index is 12.2. The lowest BCUT2D eigenvalue weighted by Gasteiger charge is -2.16. The number of amides is 1. The third-order valence-corrected chi connectivity index (χ3v) is 2.77. The summed E-state index contributed by atoms with van der Waals surface area (Å²) >= 11 is 0. The minimum absolute atomic E-state index is 0.405. The smallest absolute Gasteiger partial charge is 0.264 e. The summed E-state index contributed by atoms with van der Waals surface area (Å²) in [5.41, 5.74) is 1.92. The van der Waals surface area contributed by atoms with E-state index in [9.17, 15) is 4.79 Å². The van der Waals surface area contributed by atoms with E-state index in [2.05, 4.69) is 11.8 Å². The minimum Gasteiger partial charge on any atom is -0.264 e. The Labute approximate surface area is 123 Å². The van der Waals surface area contributed by atoms with Gasteiger partial charge in [0.05, 0.1) is 19.8 Å². The van der Waals surface area contributed by atoms with Gasteiger partial charge in [-0.25, -0.2) is 9.68 Å². The Morgan fingerprint density at radius 1 is 0.905 bits per heavy atom. The van der Waals surface area contributed by atoms with Gasteiger partial charge in [-0.3, -0.25) is 4.79 Å². The molecule has 0 saturated heterocycles. The van der Waals surface area contributed by atoms with Crippen LogP contribution in [0.4, 0.5) is 0 Å². The van der Waals surface area contributed by atoms with E-state index in [0.29, 0.717) is 11.1 Å². The van der Waals surface area contributed by atoms with E-state index in [-0.39, 0.29) is 0 Å². The van der Waals surface area contributed by atoms with Gasteiger partial charge in [0.15, 0.2) is 0 Å². The lowest BCUT2D eigenvalue weighted by Crippen LogP contribution is -2.29. The van der Waals surface area contributed by atoms with Gasteiger partial charge in [-0.1, -0.05) is 47.4 Å². The van der Waals surface area contributed by atoms with Crippen LogP contribution in [-0.4, -0.2) is 25.4 Å². The second kappa shape index (κ2) is 7.25. The van der Waals surface area contributed by atoms with Gasteiger partial charge < -0.3 is 0 Å². The predicted octanol–water partition coefficient (Wildman–Crippen LogP) is 2.65. The summed E-state index contributed by atoms with van der Waals surface area (Å²) in [4.78, 5) is 21.9. The van der Waals surface area contributed by atoms with Gasteiger partial charge in [-0.05, 0) is 24.3 Å². The van der Waals surface area contributed by atoms with Crippen molar-refractivity contribution in [2.45, 2.75) is 0 Å². The number of hydroxylamine groups is 2. The summed E-state index contributed by atoms with van der Waals surface area (Å²) < 4.78 is 0. The maximum Gasteiger partial charge on any atom is 0.305 e. The highest BCUT2D eigenvalue weighted by atomic mass is 16.9. The van der Waals surface area contributed by atoms with Crippen molar-refractivity contribution in [3.05, 3.63) is 71.3 Å². The monoisotopic (exact) mass is 281 g/mol. The number of hydrogen-bond donors (Lipinski definition) is 0. The lowest BCUT2D eigenvalue weighted by molar-refractivity contribution is -0.299. The predicted molar refractivity (Wildman–Crippen MR) is 79.1 cm³/mol. The molecular formula is C17H15NO3. The molecule has 0 atom stereocenters. The van der Waals surface area contributed by atoms with E-state index in [1.165, 1.54) is 14.2 Å². The largest absolute Gasteiger partial charge is 0.305 e. The van der Waals surface area contributed by atoms with Crippen molar-refractivity contribution in [1.29, 1.82) is 0 Å². The van der Waals surface area contributed by atoms with E-state index in [1.807, 2.05) is 36.4 Å². The highest BCUT2D eigenvalue weighted by molar-refractivity contribution is 5.95. The van der Waals surface area contributed by atoms with E-state index in [0.717, 1.165) is 10.8 Å². The molecule has 0 aromatic heterocycles. The molecule has 0 saturated carbocycles. The normalized spacial score (nSPS) is 9.62. The molecule has 0 fully saturated rings. The highest BCUT2D eigenvalue weighted by Gasteiger charge is 2.18. The Bertz CT molecular complexity index is 667. The number of hydrogen-bond acceptors (Lipinski definition) is 3. The first-order valence-corrected chi connectivity index (χ1v) is 6.35. The van der Waals surface area contributed by atoms with Crippen molar-refractivity contribution in [2.75, 3.05) is 14.2 Å². The molecule has 0 radical (unpaired) electrons. The van der Waals surface area contributed by atoms with Crippen molar-refractivity contribution in [3.63, 3.8) is 0 Å². The summed E-state index contributed by atoms with van der Waals surface area (Å²) in [5, 5.41) is 0.809. The number of carbonyl (C=O) groups excluding carboxylic acids is 1. The van der Waals surface area contributed by atoms with Crippen LogP contribution in [0, 0.1) is 11.8 Å². The molecule has 0 bridgehead atoms. The summed E-state index contributed by atoms with van der Waals surface area (Å²) in [6.45, 7) is 0. The molecule has 106 valence electrons. The molecule has 0 N–H and O–H groups in total. The Morgan fingerprint density at radius 3 is 2.19 bits per heavy atom. The summed E-state index contributed by atoms with van der Waals surface area (Å²) in [6.07, 6.45) is 0. The van der Waals surface area contributed by atoms with Gasteiger partial charge in [0, 0.05) is 11.1 Å². The van der Waals surface area contributed by atoms with Crippen LogP contribution in [0.1, 0.15) is 21.5 Å². The molecule has 4 heteroatoms. The standard InChI is InChI=1S/C17H15NO3/c1-20-18(21-2)17(19)16-11-7-6-10-15(16)13-12-14-8-4-3-5-9-14/h3-11H,1-2H3. The van der Waals surface area contributed by atoms with Crippen LogP contribution >= 0.6 is 0 Å². The zero-order chi connectivity index (χ0) is 15.1. The van der Waals surface area contributed by atoms with Crippen LogP contribution < -0.4 is 0 Å². The third-order valence-electron chi connectivity index (χ3n) is 2.77. The topological polar surface area (TPSA) is 38.8 Å². The second-order valence-electron chi connectivity index (χ2n) is 4.09. The van der Waals surface area contributed by atoms with Crippen LogP contribution in [0.3, 0.4) is 0 Å². The van der Waals surface area contributed by atoms with Crippen LogP contribution in [0.25, 0.3) is 0 Å². The minimum atomic E-state index is -0.405. The van der Waals surface area contributed by atoms with Crippen molar-refractivity contribution >= 4 is 5.91 Å². The van der Waals surface area contributed by atoms with Crippen LogP contribution in [0.15, 0.2) is 54.6 Å². The molecule has 2 aromatic carbocycles. The molecular weight excluding hydrogens is 266 g/mol. The SMILES string of the molecule is CON(OC)C(=O)c1ccccc1C#Cc1ccccc1. The number of benzene rings is 2. The second-order valence-corrected chi connectivity index (χ2v) is 4.09. The molecule has 0 aliphatic carbocycles. The number of rotatable bonds is 3. The van der Waals surface area contributed by atoms with E-state index >= 15 is 0 Å². The fourth-order valence-corrected chi connectivity index (χ4v) is 1.78. The van der Waals surface area contributed by atoms with Gasteiger partial charge in [0.25, 0.3) is 0 Å². The van der Waals surface area contributed by atoms with Gasteiger partial charge >= 0.3 is 5.91 Å². The summed E-state index contributed by atoms with van der Waals surface area (Å²) in [5.74, 6) is 5.63. The van der Waals surface area contributed by atoms with Crippen LogP contribution in [0.5, 0.6) is 0 Å². The van der Waals surface area contributed by atoms with Gasteiger partial charge in [0.1, 0.15) is 0 Å². The van der Waals surface area contributed by atoms with Gasteiger partial charge in [0.2, 0.25) is 0 Å². The Morgan fingerprint density at radius 2 is 1.52 bits per heavy atom. The lowest BCUT2D eigenvalue weighted by atomic mass is 10.1. The fourth-order valence-electron chi connectivity index (χ4n) is 1.78. The molecule has 0 unspecified atom stereocenters. The highest BCUT2D eigenvalue weighted by Crippen LogP contribution is 2.11. The molecule has 0 aliphatic heterocycles. The Kier molecular flexibility index (Phi) is 5.10. The number of nitrogens with zero attached hydrogens (tertiary/aromatic N) is 1. The maximum absolute atomic E-state index is 12.2. The first-order valence-electron chi connectivity index (χ1n) is 6.35. The fraction of sp³-hybridized carbons (Fsp3) is 0.118. The van der Waals surface area contributed by atoms with E-state index in [1.54, 1.807) is 18.2 Å². The van der Waals surface area contributed by atoms with Gasteiger partial charge in [-0.2, -0.15) is 0 Å². The first kappa shape index (κ1) is 14.8.